The molecule has 0 amide bonds. The summed E-state index contributed by atoms with van der Waals surface area (Å²) in [7, 11) is 1.75. The Hall–Kier alpha value is -2.99. The predicted molar refractivity (Wildman–Crippen MR) is 156 cm³/mol. The standard InChI is InChI=1S/C20H18N4OS.C10H20/c1-4-12(8-22-3)16-9-23-20(21)18-14(16)7-17(25-18)13-6-5-11(2)15-10-24-26-19(13)15;1-3-9(2)10-7-5-4-6-8-10/h4-10H,1-3H3,(H2,21,23);9-10H,3-8H2,1-2H3/b12-4+,22-8?;. The zero-order valence-corrected chi connectivity index (χ0v) is 23.0. The van der Waals surface area contributed by atoms with Crippen LogP contribution in [0.1, 0.15) is 70.4 Å². The monoisotopic (exact) mass is 502 g/mol. The Morgan fingerprint density at radius 1 is 1.22 bits per heavy atom. The molecule has 0 aliphatic heterocycles. The van der Waals surface area contributed by atoms with Crippen LogP contribution >= 0.6 is 11.5 Å². The molecule has 6 heteroatoms. The summed E-state index contributed by atoms with van der Waals surface area (Å²) in [6.07, 6.45) is 16.4. The summed E-state index contributed by atoms with van der Waals surface area (Å²) in [5.41, 5.74) is 10.8. The lowest BCUT2D eigenvalue weighted by molar-refractivity contribution is 0.258. The third kappa shape index (κ3) is 5.39. The predicted octanol–water partition coefficient (Wildman–Crippen LogP) is 8.71. The molecule has 1 fully saturated rings. The number of nitrogens with two attached hydrogens (primary N) is 1. The highest BCUT2D eigenvalue weighted by Crippen LogP contribution is 2.39. The Balaban J connectivity index is 0.000000256. The molecule has 0 bridgehead atoms. The van der Waals surface area contributed by atoms with Crippen molar-refractivity contribution in [3.05, 3.63) is 47.8 Å². The van der Waals surface area contributed by atoms with Crippen LogP contribution in [-0.2, 0) is 0 Å². The second-order valence-corrected chi connectivity index (χ2v) is 10.6. The molecule has 3 aromatic heterocycles. The van der Waals surface area contributed by atoms with Gasteiger partial charge >= 0.3 is 0 Å². The second kappa shape index (κ2) is 11.8. The van der Waals surface area contributed by atoms with E-state index in [0.29, 0.717) is 11.4 Å². The number of rotatable bonds is 5. The van der Waals surface area contributed by atoms with Crippen molar-refractivity contribution in [1.29, 1.82) is 0 Å². The fraction of sp³-hybridized carbons (Fsp3) is 0.433. The summed E-state index contributed by atoms with van der Waals surface area (Å²) in [6, 6.07) is 6.18. The molecule has 1 aliphatic carbocycles. The lowest BCUT2D eigenvalue weighted by atomic mass is 9.80. The molecular formula is C30H38N4OS. The Morgan fingerprint density at radius 3 is 2.69 bits per heavy atom. The first kappa shape index (κ1) is 26.1. The van der Waals surface area contributed by atoms with E-state index in [0.717, 1.165) is 49.8 Å². The van der Waals surface area contributed by atoms with Crippen molar-refractivity contribution < 1.29 is 4.42 Å². The molecule has 4 aromatic rings. The molecule has 1 aliphatic rings. The van der Waals surface area contributed by atoms with E-state index in [1.165, 1.54) is 55.6 Å². The summed E-state index contributed by atoms with van der Waals surface area (Å²) >= 11 is 1.47. The summed E-state index contributed by atoms with van der Waals surface area (Å²) in [4.78, 5) is 8.44. The molecule has 1 saturated carbocycles. The molecule has 5 nitrogen and oxygen atoms in total. The van der Waals surface area contributed by atoms with Gasteiger partial charge in [-0.05, 0) is 60.5 Å². The zero-order valence-electron chi connectivity index (χ0n) is 22.2. The number of nitrogen functional groups attached to an aromatic ring is 1. The van der Waals surface area contributed by atoms with Crippen LogP contribution in [0.5, 0.6) is 0 Å². The fourth-order valence-electron chi connectivity index (χ4n) is 5.16. The van der Waals surface area contributed by atoms with Crippen LogP contribution in [0.2, 0.25) is 0 Å². The molecule has 1 aromatic carbocycles. The molecule has 1 atom stereocenters. The number of aliphatic imine (C=N–C) groups is 1. The number of aryl methyl sites for hydroxylation is 1. The van der Waals surface area contributed by atoms with Gasteiger partial charge in [-0.15, -0.1) is 0 Å². The quantitative estimate of drug-likeness (QED) is 0.277. The van der Waals surface area contributed by atoms with E-state index in [-0.39, 0.29) is 0 Å². The van der Waals surface area contributed by atoms with E-state index in [9.17, 15) is 0 Å². The molecule has 0 spiro atoms. The fourth-order valence-corrected chi connectivity index (χ4v) is 6.01. The lowest BCUT2D eigenvalue weighted by Gasteiger charge is -2.26. The minimum atomic E-state index is 0.381. The molecule has 0 saturated heterocycles. The number of pyridine rings is 1. The van der Waals surface area contributed by atoms with Crippen LogP contribution < -0.4 is 5.73 Å². The highest BCUT2D eigenvalue weighted by molar-refractivity contribution is 7.14. The first-order valence-electron chi connectivity index (χ1n) is 13.1. The highest BCUT2D eigenvalue weighted by Gasteiger charge is 2.19. The van der Waals surface area contributed by atoms with Crippen molar-refractivity contribution in [2.24, 2.45) is 16.8 Å². The first-order chi connectivity index (χ1) is 17.5. The maximum absolute atomic E-state index is 6.14. The van der Waals surface area contributed by atoms with Crippen LogP contribution in [0.15, 0.2) is 46.1 Å². The summed E-state index contributed by atoms with van der Waals surface area (Å²) in [5.74, 6) is 3.20. The van der Waals surface area contributed by atoms with Crippen molar-refractivity contribution in [2.75, 3.05) is 12.8 Å². The van der Waals surface area contributed by atoms with Gasteiger partial charge in [-0.3, -0.25) is 4.99 Å². The smallest absolute Gasteiger partial charge is 0.177 e. The topological polar surface area (TPSA) is 77.3 Å². The van der Waals surface area contributed by atoms with E-state index in [1.54, 1.807) is 13.2 Å². The van der Waals surface area contributed by atoms with Crippen LogP contribution in [0.4, 0.5) is 5.82 Å². The van der Waals surface area contributed by atoms with Gasteiger partial charge in [-0.25, -0.2) is 4.98 Å². The Morgan fingerprint density at radius 2 is 2.00 bits per heavy atom. The van der Waals surface area contributed by atoms with E-state index >= 15 is 0 Å². The van der Waals surface area contributed by atoms with Gasteiger partial charge < -0.3 is 10.2 Å². The first-order valence-corrected chi connectivity index (χ1v) is 13.9. The molecule has 3 heterocycles. The largest absolute Gasteiger partial charge is 0.452 e. The van der Waals surface area contributed by atoms with Crippen LogP contribution in [0.25, 0.3) is 38.0 Å². The number of aromatic nitrogens is 2. The summed E-state index contributed by atoms with van der Waals surface area (Å²) in [5, 5.41) is 2.07. The van der Waals surface area contributed by atoms with E-state index in [4.69, 9.17) is 10.2 Å². The maximum atomic E-state index is 6.14. The van der Waals surface area contributed by atoms with Gasteiger partial charge in [-0.2, -0.15) is 4.37 Å². The average molecular weight is 503 g/mol. The molecule has 1 unspecified atom stereocenters. The zero-order chi connectivity index (χ0) is 25.7. The Kier molecular flexibility index (Phi) is 8.57. The van der Waals surface area contributed by atoms with Crippen molar-refractivity contribution >= 4 is 50.2 Å². The number of anilines is 1. The molecule has 5 rings (SSSR count). The van der Waals surface area contributed by atoms with Gasteiger partial charge in [0.1, 0.15) is 5.76 Å². The number of hydrogen-bond donors (Lipinski definition) is 1. The van der Waals surface area contributed by atoms with Crippen LogP contribution in [-0.4, -0.2) is 22.6 Å². The third-order valence-electron chi connectivity index (χ3n) is 7.58. The Bertz CT molecular complexity index is 1370. The minimum absolute atomic E-state index is 0.381. The normalized spacial score (nSPS) is 16.0. The van der Waals surface area contributed by atoms with Crippen molar-refractivity contribution in [3.8, 4) is 11.3 Å². The van der Waals surface area contributed by atoms with Gasteiger partial charge in [0.15, 0.2) is 11.4 Å². The van der Waals surface area contributed by atoms with Crippen LogP contribution in [0.3, 0.4) is 0 Å². The van der Waals surface area contributed by atoms with Gasteiger partial charge in [0.25, 0.3) is 0 Å². The molecule has 0 radical (unpaired) electrons. The van der Waals surface area contributed by atoms with Gasteiger partial charge in [0.2, 0.25) is 0 Å². The minimum Gasteiger partial charge on any atom is -0.452 e. The average Bonchev–Trinajstić information content (AvgIpc) is 3.58. The molecule has 36 heavy (non-hydrogen) atoms. The number of furan rings is 1. The number of allylic oxidation sites excluding steroid dienone is 2. The van der Waals surface area contributed by atoms with Crippen LogP contribution in [0, 0.1) is 18.8 Å². The van der Waals surface area contributed by atoms with E-state index in [2.05, 4.69) is 47.3 Å². The van der Waals surface area contributed by atoms with Gasteiger partial charge in [-0.1, -0.05) is 64.5 Å². The second-order valence-electron chi connectivity index (χ2n) is 9.82. The number of hydrogen-bond acceptors (Lipinski definition) is 6. The van der Waals surface area contributed by atoms with Crippen molar-refractivity contribution in [2.45, 2.75) is 66.2 Å². The molecular weight excluding hydrogens is 464 g/mol. The van der Waals surface area contributed by atoms with Gasteiger partial charge in [0.05, 0.1) is 4.70 Å². The number of fused-ring (bicyclic) bond motifs is 2. The lowest BCUT2D eigenvalue weighted by Crippen LogP contribution is -2.14. The van der Waals surface area contributed by atoms with E-state index in [1.807, 2.05) is 31.5 Å². The highest BCUT2D eigenvalue weighted by atomic mass is 32.1. The molecule has 190 valence electrons. The van der Waals surface area contributed by atoms with Gasteiger partial charge in [0, 0.05) is 47.6 Å². The van der Waals surface area contributed by atoms with Crippen molar-refractivity contribution in [3.63, 3.8) is 0 Å². The number of benzene rings is 1. The van der Waals surface area contributed by atoms with Crippen molar-refractivity contribution in [1.82, 2.24) is 9.36 Å². The Labute approximate surface area is 218 Å². The summed E-state index contributed by atoms with van der Waals surface area (Å²) in [6.45, 7) is 8.79. The number of nitrogens with zero attached hydrogens (tertiary/aromatic N) is 3. The maximum Gasteiger partial charge on any atom is 0.177 e. The SMILES string of the molecule is C/C=C(\C=NC)c1cnc(N)c2oc(-c3ccc(C)c4cnsc34)cc12.CCC(C)C1CCCCC1. The third-order valence-corrected chi connectivity index (χ3v) is 8.41. The summed E-state index contributed by atoms with van der Waals surface area (Å²) < 4.78 is 11.6. The van der Waals surface area contributed by atoms with E-state index < -0.39 is 0 Å². The molecule has 2 N–H and O–H groups in total.